The van der Waals surface area contributed by atoms with E-state index < -0.39 is 0 Å². The van der Waals surface area contributed by atoms with E-state index in [4.69, 9.17) is 11.6 Å². The number of hydrogen-bond donors (Lipinski definition) is 2. The number of fused-ring (bicyclic) bond motifs is 1. The number of benzene rings is 2. The predicted octanol–water partition coefficient (Wildman–Crippen LogP) is 6.11. The van der Waals surface area contributed by atoms with Crippen LogP contribution in [0.1, 0.15) is 38.8 Å². The number of hydrogen-bond acceptors (Lipinski definition) is 5. The van der Waals surface area contributed by atoms with E-state index in [1.54, 1.807) is 6.20 Å². The van der Waals surface area contributed by atoms with Crippen molar-refractivity contribution in [3.8, 4) is 5.75 Å². The highest BCUT2D eigenvalue weighted by molar-refractivity contribution is 6.31. The molecule has 0 amide bonds. The molecule has 2 N–H and O–H groups in total. The third kappa shape index (κ3) is 6.59. The van der Waals surface area contributed by atoms with Crippen LogP contribution >= 0.6 is 11.6 Å². The third-order valence-corrected chi connectivity index (χ3v) is 6.67. The van der Waals surface area contributed by atoms with Crippen molar-refractivity contribution in [2.45, 2.75) is 40.5 Å². The Bertz CT molecular complexity index is 1010. The quantitative estimate of drug-likeness (QED) is 0.314. The second kappa shape index (κ2) is 12.2. The van der Waals surface area contributed by atoms with Crippen molar-refractivity contribution in [1.82, 2.24) is 14.8 Å². The number of aromatic nitrogens is 1. The summed E-state index contributed by atoms with van der Waals surface area (Å²) in [6, 6.07) is 11.9. The van der Waals surface area contributed by atoms with Crippen molar-refractivity contribution in [3.05, 3.63) is 58.7 Å². The fourth-order valence-electron chi connectivity index (χ4n) is 4.24. The van der Waals surface area contributed by atoms with Gasteiger partial charge in [-0.05, 0) is 86.5 Å². The number of aromatic hydroxyl groups is 1. The maximum absolute atomic E-state index is 11.1. The van der Waals surface area contributed by atoms with Crippen LogP contribution in [-0.2, 0) is 12.8 Å². The van der Waals surface area contributed by atoms with E-state index in [0.717, 1.165) is 85.5 Å². The van der Waals surface area contributed by atoms with Crippen LogP contribution in [-0.4, -0.2) is 59.2 Å². The van der Waals surface area contributed by atoms with Crippen molar-refractivity contribution >= 4 is 33.9 Å². The first-order valence-corrected chi connectivity index (χ1v) is 12.5. The zero-order valence-corrected chi connectivity index (χ0v) is 21.1. The van der Waals surface area contributed by atoms with E-state index in [0.29, 0.717) is 10.8 Å². The molecule has 0 spiro atoms. The molecule has 0 atom stereocenters. The lowest BCUT2D eigenvalue weighted by atomic mass is 10.0. The summed E-state index contributed by atoms with van der Waals surface area (Å²) in [5, 5.41) is 16.4. The first kappa shape index (κ1) is 25.3. The third-order valence-electron chi connectivity index (χ3n) is 6.44. The summed E-state index contributed by atoms with van der Waals surface area (Å²) in [5.74, 6) is 0.436. The monoisotopic (exact) mass is 468 g/mol. The van der Waals surface area contributed by atoms with Gasteiger partial charge in [0.15, 0.2) is 0 Å². The van der Waals surface area contributed by atoms with Crippen LogP contribution < -0.4 is 5.32 Å². The average molecular weight is 469 g/mol. The Hall–Kier alpha value is -2.34. The number of nitrogens with zero attached hydrogens (tertiary/aromatic N) is 3. The SMILES string of the molecule is CCN(CC)CCc1cc(Nc2ccnc3cc(Cl)ccc23)cc(CCN(CC)CC)c1O. The van der Waals surface area contributed by atoms with Crippen molar-refractivity contribution in [2.24, 2.45) is 0 Å². The Morgan fingerprint density at radius 3 is 1.97 bits per heavy atom. The summed E-state index contributed by atoms with van der Waals surface area (Å²) in [6.07, 6.45) is 3.42. The van der Waals surface area contributed by atoms with Gasteiger partial charge in [-0.1, -0.05) is 39.3 Å². The molecule has 0 bridgehead atoms. The van der Waals surface area contributed by atoms with Gasteiger partial charge in [-0.3, -0.25) is 4.98 Å². The summed E-state index contributed by atoms with van der Waals surface area (Å²) in [4.78, 5) is 9.22. The molecule has 3 rings (SSSR count). The first-order valence-electron chi connectivity index (χ1n) is 12.1. The maximum Gasteiger partial charge on any atom is 0.122 e. The van der Waals surface area contributed by atoms with Crippen LogP contribution in [0.5, 0.6) is 5.75 Å². The summed E-state index contributed by atoms with van der Waals surface area (Å²) in [7, 11) is 0. The molecule has 0 aliphatic carbocycles. The van der Waals surface area contributed by atoms with Crippen molar-refractivity contribution in [1.29, 1.82) is 0 Å². The van der Waals surface area contributed by atoms with Gasteiger partial charge in [-0.25, -0.2) is 0 Å². The van der Waals surface area contributed by atoms with Gasteiger partial charge in [0, 0.05) is 41.1 Å². The smallest absolute Gasteiger partial charge is 0.122 e. The number of rotatable bonds is 12. The highest BCUT2D eigenvalue weighted by atomic mass is 35.5. The zero-order chi connectivity index (χ0) is 23.8. The van der Waals surface area contributed by atoms with Crippen molar-refractivity contribution in [3.63, 3.8) is 0 Å². The lowest BCUT2D eigenvalue weighted by Gasteiger charge is -2.21. The summed E-state index contributed by atoms with van der Waals surface area (Å²) < 4.78 is 0. The van der Waals surface area contributed by atoms with Gasteiger partial charge in [0.25, 0.3) is 0 Å². The van der Waals surface area contributed by atoms with Crippen molar-refractivity contribution < 1.29 is 5.11 Å². The van der Waals surface area contributed by atoms with Gasteiger partial charge in [-0.15, -0.1) is 0 Å². The predicted molar refractivity (Wildman–Crippen MR) is 141 cm³/mol. The molecule has 6 heteroatoms. The molecule has 2 aromatic carbocycles. The molecule has 33 heavy (non-hydrogen) atoms. The Labute approximate surface area is 203 Å². The molecule has 178 valence electrons. The largest absolute Gasteiger partial charge is 0.507 e. The molecule has 0 aliphatic heterocycles. The molecule has 0 fully saturated rings. The normalized spacial score (nSPS) is 11.6. The highest BCUT2D eigenvalue weighted by Gasteiger charge is 2.14. The minimum absolute atomic E-state index is 0.436. The second-order valence-electron chi connectivity index (χ2n) is 8.34. The van der Waals surface area contributed by atoms with Gasteiger partial charge in [0.05, 0.1) is 5.52 Å². The summed E-state index contributed by atoms with van der Waals surface area (Å²) >= 11 is 6.16. The van der Waals surface area contributed by atoms with E-state index in [1.165, 1.54) is 0 Å². The molecule has 0 saturated carbocycles. The van der Waals surface area contributed by atoms with Crippen LogP contribution in [0.3, 0.4) is 0 Å². The number of anilines is 2. The Morgan fingerprint density at radius 2 is 1.42 bits per heavy atom. The minimum atomic E-state index is 0.436. The molecule has 0 saturated heterocycles. The lowest BCUT2D eigenvalue weighted by molar-refractivity contribution is 0.303. The highest BCUT2D eigenvalue weighted by Crippen LogP contribution is 2.32. The van der Waals surface area contributed by atoms with Gasteiger partial charge < -0.3 is 20.2 Å². The van der Waals surface area contributed by atoms with Gasteiger partial charge >= 0.3 is 0 Å². The van der Waals surface area contributed by atoms with Crippen LogP contribution in [0.2, 0.25) is 5.02 Å². The van der Waals surface area contributed by atoms with E-state index in [2.05, 4.69) is 59.9 Å². The second-order valence-corrected chi connectivity index (χ2v) is 8.78. The minimum Gasteiger partial charge on any atom is -0.507 e. The van der Waals surface area contributed by atoms with Crippen LogP contribution in [0.15, 0.2) is 42.6 Å². The standard InChI is InChI=1S/C27H37ClN4O/c1-5-31(6-2)15-12-20-17-23(18-21(27(20)33)13-16-32(7-3)8-4)30-25-11-14-29-26-19-22(28)9-10-24(25)26/h9-11,14,17-19,33H,5-8,12-13,15-16H2,1-4H3,(H,29,30). The zero-order valence-electron chi connectivity index (χ0n) is 20.4. The molecule has 0 radical (unpaired) electrons. The Balaban J connectivity index is 1.94. The fourth-order valence-corrected chi connectivity index (χ4v) is 4.40. The van der Waals surface area contributed by atoms with Gasteiger partial charge in [0.2, 0.25) is 0 Å². The Kier molecular flexibility index (Phi) is 9.36. The van der Waals surface area contributed by atoms with Crippen LogP contribution in [0.4, 0.5) is 11.4 Å². The molecular formula is C27H37ClN4O. The van der Waals surface area contributed by atoms with Crippen LogP contribution in [0, 0.1) is 0 Å². The molecule has 1 aromatic heterocycles. The number of pyridine rings is 1. The molecule has 1 heterocycles. The first-order chi connectivity index (χ1) is 16.0. The molecule has 0 unspecified atom stereocenters. The van der Waals surface area contributed by atoms with Crippen molar-refractivity contribution in [2.75, 3.05) is 44.6 Å². The summed E-state index contributed by atoms with van der Waals surface area (Å²) in [6.45, 7) is 14.6. The number of halogens is 1. The Morgan fingerprint density at radius 1 is 0.848 bits per heavy atom. The van der Waals surface area contributed by atoms with Crippen LogP contribution in [0.25, 0.3) is 10.9 Å². The average Bonchev–Trinajstić information content (AvgIpc) is 2.82. The van der Waals surface area contributed by atoms with Gasteiger partial charge in [-0.2, -0.15) is 0 Å². The molecule has 5 nitrogen and oxygen atoms in total. The topological polar surface area (TPSA) is 51.6 Å². The lowest BCUT2D eigenvalue weighted by Crippen LogP contribution is -2.26. The van der Waals surface area contributed by atoms with Gasteiger partial charge in [0.1, 0.15) is 5.75 Å². The number of likely N-dealkylation sites (N-methyl/N-ethyl adjacent to an activating group) is 2. The van der Waals surface area contributed by atoms with E-state index >= 15 is 0 Å². The number of nitrogens with one attached hydrogen (secondary N) is 1. The number of phenolic OH excluding ortho intramolecular Hbond substituents is 1. The molecular weight excluding hydrogens is 432 g/mol. The maximum atomic E-state index is 11.1. The van der Waals surface area contributed by atoms with E-state index in [-0.39, 0.29) is 0 Å². The molecule has 0 aliphatic rings. The summed E-state index contributed by atoms with van der Waals surface area (Å²) in [5.41, 5.74) is 4.80. The fraction of sp³-hybridized carbons (Fsp3) is 0.444. The molecule has 3 aromatic rings. The number of phenols is 1. The van der Waals surface area contributed by atoms with E-state index in [9.17, 15) is 5.11 Å². The van der Waals surface area contributed by atoms with E-state index in [1.807, 2.05) is 24.3 Å².